The quantitative estimate of drug-likeness (QED) is 0.389. The highest BCUT2D eigenvalue weighted by Crippen LogP contribution is 2.10. The molecule has 0 N–H and O–H groups in total. The lowest BCUT2D eigenvalue weighted by Crippen LogP contribution is -2.37. The van der Waals surface area contributed by atoms with Crippen molar-refractivity contribution in [1.82, 2.24) is 0 Å². The van der Waals surface area contributed by atoms with Gasteiger partial charge in [0.15, 0.2) is 6.54 Å². The fraction of sp³-hybridized carbons (Fsp3) is 0.273. The first-order valence-electron chi connectivity index (χ1n) is 4.25. The number of nitrogens with zero attached hydrogens (tertiary/aromatic N) is 2. The van der Waals surface area contributed by atoms with Crippen molar-refractivity contribution in [1.29, 1.82) is 5.26 Å². The van der Waals surface area contributed by atoms with Crippen molar-refractivity contribution >= 4 is 0 Å². The van der Waals surface area contributed by atoms with Gasteiger partial charge < -0.3 is 4.48 Å². The van der Waals surface area contributed by atoms with Crippen molar-refractivity contribution in [3.05, 3.63) is 42.4 Å². The first kappa shape index (κ1) is 9.63. The third-order valence-electron chi connectivity index (χ3n) is 1.78. The molecule has 0 unspecified atom stereocenters. The van der Waals surface area contributed by atoms with E-state index in [1.54, 1.807) is 0 Å². The molecule has 0 fully saturated rings. The van der Waals surface area contributed by atoms with Crippen molar-refractivity contribution in [2.75, 3.05) is 20.6 Å². The first-order valence-corrected chi connectivity index (χ1v) is 4.25. The predicted molar refractivity (Wildman–Crippen MR) is 52.4 cm³/mol. The molecule has 13 heavy (non-hydrogen) atoms. The summed E-state index contributed by atoms with van der Waals surface area (Å²) in [5, 5.41) is 8.59. The lowest BCUT2D eigenvalue weighted by molar-refractivity contribution is -0.849. The van der Waals surface area contributed by atoms with Crippen LogP contribution in [0.25, 0.3) is 0 Å². The summed E-state index contributed by atoms with van der Waals surface area (Å²) in [6.07, 6.45) is 0. The van der Waals surface area contributed by atoms with Gasteiger partial charge in [-0.3, -0.25) is 0 Å². The molecule has 0 aliphatic carbocycles. The molecule has 0 atom stereocenters. The van der Waals surface area contributed by atoms with Gasteiger partial charge in [-0.05, 0) is 6.54 Å². The van der Waals surface area contributed by atoms with Gasteiger partial charge in [0.25, 0.3) is 0 Å². The van der Waals surface area contributed by atoms with Gasteiger partial charge in [0, 0.05) is 0 Å². The summed E-state index contributed by atoms with van der Waals surface area (Å²) in [5.41, 5.74) is 1.16. The molecule has 1 aromatic rings. The Bertz CT molecular complexity index is 296. The summed E-state index contributed by atoms with van der Waals surface area (Å²) in [6, 6.07) is 12.2. The molecule has 0 spiro atoms. The fourth-order valence-corrected chi connectivity index (χ4v) is 1.17. The third-order valence-corrected chi connectivity index (χ3v) is 1.78. The maximum atomic E-state index is 8.59. The maximum absolute atomic E-state index is 8.59. The maximum Gasteiger partial charge on any atom is 0.161 e. The fourth-order valence-electron chi connectivity index (χ4n) is 1.17. The average molecular weight is 174 g/mol. The van der Waals surface area contributed by atoms with E-state index in [1.807, 2.05) is 44.4 Å². The van der Waals surface area contributed by atoms with Gasteiger partial charge in [0.1, 0.15) is 6.07 Å². The Morgan fingerprint density at radius 3 is 2.46 bits per heavy atom. The van der Waals surface area contributed by atoms with Gasteiger partial charge >= 0.3 is 0 Å². The Balaban J connectivity index is 2.65. The Morgan fingerprint density at radius 2 is 1.92 bits per heavy atom. The van der Waals surface area contributed by atoms with Crippen LogP contribution in [0.4, 0.5) is 0 Å². The van der Waals surface area contributed by atoms with Crippen LogP contribution in [0.5, 0.6) is 0 Å². The molecule has 0 aromatic heterocycles. The summed E-state index contributed by atoms with van der Waals surface area (Å²) in [4.78, 5) is 0. The molecule has 68 valence electrons. The van der Waals surface area contributed by atoms with Crippen LogP contribution < -0.4 is 0 Å². The lowest BCUT2D eigenvalue weighted by atomic mass is 10.2. The zero-order valence-electron chi connectivity index (χ0n) is 8.07. The number of hydrogen-bond acceptors (Lipinski definition) is 1. The molecule has 1 aromatic carbocycles. The van der Waals surface area contributed by atoms with Gasteiger partial charge in [0.2, 0.25) is 0 Å². The molecule has 0 radical (unpaired) electrons. The van der Waals surface area contributed by atoms with E-state index in [0.717, 1.165) is 5.56 Å². The third kappa shape index (κ3) is 3.18. The summed E-state index contributed by atoms with van der Waals surface area (Å²) in [5.74, 6) is 0. The Labute approximate surface area is 79.6 Å². The molecule has 0 aliphatic heterocycles. The molecule has 0 saturated carbocycles. The second-order valence-electron chi connectivity index (χ2n) is 3.63. The second-order valence-corrected chi connectivity index (χ2v) is 3.63. The molecule has 2 nitrogen and oxygen atoms in total. The number of benzene rings is 1. The number of nitriles is 1. The smallest absolute Gasteiger partial charge is 0.161 e. The van der Waals surface area contributed by atoms with Crippen LogP contribution in [0.15, 0.2) is 30.3 Å². The van der Waals surface area contributed by atoms with E-state index in [1.165, 1.54) is 0 Å². The average Bonchev–Trinajstić information content (AvgIpc) is 2.04. The van der Waals surface area contributed by atoms with Crippen LogP contribution in [0.1, 0.15) is 5.56 Å². The van der Waals surface area contributed by atoms with Crippen LogP contribution in [0.2, 0.25) is 0 Å². The van der Waals surface area contributed by atoms with E-state index < -0.39 is 0 Å². The van der Waals surface area contributed by atoms with Gasteiger partial charge in [-0.25, -0.2) is 0 Å². The number of hydrogen-bond donors (Lipinski definition) is 0. The normalized spacial score (nSPS) is 10.5. The van der Waals surface area contributed by atoms with E-state index >= 15 is 0 Å². The van der Waals surface area contributed by atoms with Crippen molar-refractivity contribution in [2.45, 2.75) is 0 Å². The zero-order valence-corrected chi connectivity index (χ0v) is 8.07. The molecule has 0 saturated heterocycles. The number of quaternary nitrogens is 1. The van der Waals surface area contributed by atoms with Gasteiger partial charge in [-0.2, -0.15) is 17.4 Å². The summed E-state index contributed by atoms with van der Waals surface area (Å²) < 4.78 is 0.598. The summed E-state index contributed by atoms with van der Waals surface area (Å²) >= 11 is 0. The number of rotatable bonds is 3. The van der Waals surface area contributed by atoms with Crippen molar-refractivity contribution < 1.29 is 4.48 Å². The lowest BCUT2D eigenvalue weighted by Gasteiger charge is -2.30. The van der Waals surface area contributed by atoms with Crippen LogP contribution >= 0.6 is 0 Å². The van der Waals surface area contributed by atoms with Crippen molar-refractivity contribution in [3.63, 3.8) is 0 Å². The summed E-state index contributed by atoms with van der Waals surface area (Å²) in [7, 11) is 4.02. The Hall–Kier alpha value is -1.46. The van der Waals surface area contributed by atoms with Crippen molar-refractivity contribution in [3.8, 4) is 6.07 Å². The molecule has 0 amide bonds. The van der Waals surface area contributed by atoms with Crippen LogP contribution in [-0.4, -0.2) is 25.1 Å². The highest BCUT2D eigenvalue weighted by molar-refractivity contribution is 5.19. The molecular weight excluding hydrogens is 160 g/mol. The van der Waals surface area contributed by atoms with Gasteiger partial charge in [0.05, 0.1) is 14.1 Å². The monoisotopic (exact) mass is 174 g/mol. The van der Waals surface area contributed by atoms with E-state index in [9.17, 15) is 0 Å². The minimum Gasteiger partial charge on any atom is -0.338 e. The largest absolute Gasteiger partial charge is 0.338 e. The first-order chi connectivity index (χ1) is 6.14. The molecule has 1 rings (SSSR count). The highest BCUT2D eigenvalue weighted by atomic mass is 15.3. The molecule has 0 heterocycles. The SMILES string of the molecule is C[N+](C)([CH-]c1ccccc1)CC#N. The predicted octanol–water partition coefficient (Wildman–Crippen LogP) is 1.80. The second kappa shape index (κ2) is 3.97. The summed E-state index contributed by atoms with van der Waals surface area (Å²) in [6.45, 7) is 2.57. The van der Waals surface area contributed by atoms with E-state index in [2.05, 4.69) is 12.6 Å². The van der Waals surface area contributed by atoms with Gasteiger partial charge in [-0.1, -0.05) is 6.07 Å². The minimum absolute atomic E-state index is 0.495. The molecule has 0 bridgehead atoms. The molecular formula is C11H14N2. The van der Waals surface area contributed by atoms with Crippen LogP contribution in [0.3, 0.4) is 0 Å². The molecule has 2 heteroatoms. The molecule has 0 aliphatic rings. The topological polar surface area (TPSA) is 23.8 Å². The van der Waals surface area contributed by atoms with E-state index in [-0.39, 0.29) is 0 Å². The van der Waals surface area contributed by atoms with E-state index in [0.29, 0.717) is 11.0 Å². The van der Waals surface area contributed by atoms with Crippen LogP contribution in [0, 0.1) is 17.9 Å². The minimum atomic E-state index is 0.495. The van der Waals surface area contributed by atoms with Gasteiger partial charge in [-0.15, -0.1) is 17.7 Å². The highest BCUT2D eigenvalue weighted by Gasteiger charge is 2.09. The van der Waals surface area contributed by atoms with E-state index in [4.69, 9.17) is 5.26 Å². The standard InChI is InChI=1S/C11H14N2/c1-13(2,9-8-12)10-11-6-4-3-5-7-11/h3-7,10H,9H2,1-2H3. The Morgan fingerprint density at radius 1 is 1.31 bits per heavy atom. The van der Waals surface area contributed by atoms with Crippen LogP contribution in [-0.2, 0) is 0 Å². The van der Waals surface area contributed by atoms with Crippen molar-refractivity contribution in [2.24, 2.45) is 0 Å². The zero-order chi connectivity index (χ0) is 9.73. The Kier molecular flexibility index (Phi) is 2.94.